The fourth-order valence-corrected chi connectivity index (χ4v) is 1.99. The molecule has 0 aliphatic carbocycles. The van der Waals surface area contributed by atoms with Crippen molar-refractivity contribution in [2.45, 2.75) is 33.6 Å². The summed E-state index contributed by atoms with van der Waals surface area (Å²) in [6, 6.07) is 6.21. The highest BCUT2D eigenvalue weighted by Gasteiger charge is 2.15. The lowest BCUT2D eigenvalue weighted by Gasteiger charge is -2.23. The molecule has 0 radical (unpaired) electrons. The van der Waals surface area contributed by atoms with E-state index < -0.39 is 0 Å². The van der Waals surface area contributed by atoms with Crippen molar-refractivity contribution in [3.8, 4) is 0 Å². The van der Waals surface area contributed by atoms with Gasteiger partial charge in [0, 0.05) is 32.4 Å². The molecule has 0 saturated heterocycles. The number of carbonyl (C=O) groups excluding carboxylic acids is 1. The molecule has 0 fully saturated rings. The molecule has 1 amide bonds. The maximum absolute atomic E-state index is 12.2. The van der Waals surface area contributed by atoms with E-state index in [0.29, 0.717) is 19.6 Å². The number of anilines is 1. The minimum Gasteiger partial charge on any atom is -0.385 e. The maximum atomic E-state index is 12.2. The highest BCUT2D eigenvalue weighted by molar-refractivity contribution is 5.94. The molecule has 3 nitrogen and oxygen atoms in total. The van der Waals surface area contributed by atoms with Crippen LogP contribution in [-0.4, -0.2) is 26.2 Å². The van der Waals surface area contributed by atoms with Crippen molar-refractivity contribution in [3.63, 3.8) is 0 Å². The second kappa shape index (κ2) is 7.17. The Morgan fingerprint density at radius 3 is 2.67 bits per heavy atom. The van der Waals surface area contributed by atoms with Crippen LogP contribution in [0.5, 0.6) is 0 Å². The molecule has 1 rings (SSSR count). The monoisotopic (exact) mass is 249 g/mol. The topological polar surface area (TPSA) is 29.5 Å². The van der Waals surface area contributed by atoms with Crippen LogP contribution in [0.2, 0.25) is 0 Å². The van der Waals surface area contributed by atoms with Crippen LogP contribution in [0.1, 0.15) is 30.9 Å². The predicted octanol–water partition coefficient (Wildman–Crippen LogP) is 3.08. The Bertz CT molecular complexity index is 401. The second-order valence-electron chi connectivity index (χ2n) is 4.52. The third kappa shape index (κ3) is 3.84. The zero-order chi connectivity index (χ0) is 13.5. The van der Waals surface area contributed by atoms with E-state index in [4.69, 9.17) is 4.74 Å². The van der Waals surface area contributed by atoms with Gasteiger partial charge in [-0.15, -0.1) is 0 Å². The molecule has 0 aliphatic heterocycles. The van der Waals surface area contributed by atoms with Gasteiger partial charge in [-0.25, -0.2) is 0 Å². The summed E-state index contributed by atoms with van der Waals surface area (Å²) < 4.78 is 4.98. The third-order valence-electron chi connectivity index (χ3n) is 3.01. The molecule has 0 saturated carbocycles. The summed E-state index contributed by atoms with van der Waals surface area (Å²) in [5, 5.41) is 0. The van der Waals surface area contributed by atoms with E-state index >= 15 is 0 Å². The van der Waals surface area contributed by atoms with Gasteiger partial charge in [-0.3, -0.25) is 4.79 Å². The number of hydrogen-bond acceptors (Lipinski definition) is 2. The Morgan fingerprint density at radius 1 is 1.33 bits per heavy atom. The lowest BCUT2D eigenvalue weighted by molar-refractivity contribution is -0.118. The third-order valence-corrected chi connectivity index (χ3v) is 3.01. The summed E-state index contributed by atoms with van der Waals surface area (Å²) in [5.41, 5.74) is 3.35. The highest BCUT2D eigenvalue weighted by Crippen LogP contribution is 2.22. The number of rotatable bonds is 6. The maximum Gasteiger partial charge on any atom is 0.227 e. The van der Waals surface area contributed by atoms with Crippen molar-refractivity contribution in [2.75, 3.05) is 25.2 Å². The Kier molecular flexibility index (Phi) is 5.86. The van der Waals surface area contributed by atoms with E-state index in [0.717, 1.165) is 17.7 Å². The molecular formula is C15H23NO2. The van der Waals surface area contributed by atoms with Gasteiger partial charge < -0.3 is 9.64 Å². The van der Waals surface area contributed by atoms with Gasteiger partial charge in [-0.1, -0.05) is 12.1 Å². The van der Waals surface area contributed by atoms with E-state index in [2.05, 4.69) is 18.2 Å². The van der Waals surface area contributed by atoms with Crippen LogP contribution in [-0.2, 0) is 9.53 Å². The van der Waals surface area contributed by atoms with Crippen molar-refractivity contribution in [3.05, 3.63) is 29.3 Å². The van der Waals surface area contributed by atoms with Gasteiger partial charge in [0.2, 0.25) is 5.91 Å². The molecule has 3 heteroatoms. The Labute approximate surface area is 110 Å². The van der Waals surface area contributed by atoms with Crippen molar-refractivity contribution in [2.24, 2.45) is 0 Å². The lowest BCUT2D eigenvalue weighted by atomic mass is 10.1. The normalized spacial score (nSPS) is 10.4. The van der Waals surface area contributed by atoms with Gasteiger partial charge in [0.05, 0.1) is 0 Å². The smallest absolute Gasteiger partial charge is 0.227 e. The van der Waals surface area contributed by atoms with Crippen LogP contribution >= 0.6 is 0 Å². The first-order valence-corrected chi connectivity index (χ1v) is 6.46. The second-order valence-corrected chi connectivity index (χ2v) is 4.52. The molecule has 0 spiro atoms. The molecule has 0 atom stereocenters. The van der Waals surface area contributed by atoms with Gasteiger partial charge in [0.25, 0.3) is 0 Å². The van der Waals surface area contributed by atoms with Gasteiger partial charge in [0.15, 0.2) is 0 Å². The number of ether oxygens (including phenoxy) is 1. The molecule has 100 valence electrons. The standard InChI is InChI=1S/C15H23NO2/c1-5-16(15(17)7-6-10-18-4)14-11-12(2)8-9-13(14)3/h8-9,11H,5-7,10H2,1-4H3. The van der Waals surface area contributed by atoms with Gasteiger partial charge in [-0.05, 0) is 44.4 Å². The van der Waals surface area contributed by atoms with Crippen molar-refractivity contribution >= 4 is 11.6 Å². The van der Waals surface area contributed by atoms with E-state index in [1.165, 1.54) is 5.56 Å². The molecular weight excluding hydrogens is 226 g/mol. The van der Waals surface area contributed by atoms with Gasteiger partial charge in [0.1, 0.15) is 0 Å². The van der Waals surface area contributed by atoms with Gasteiger partial charge >= 0.3 is 0 Å². The van der Waals surface area contributed by atoms with Crippen LogP contribution in [0.3, 0.4) is 0 Å². The number of methoxy groups -OCH3 is 1. The number of benzene rings is 1. The van der Waals surface area contributed by atoms with Crippen LogP contribution in [0.15, 0.2) is 18.2 Å². The minimum absolute atomic E-state index is 0.170. The van der Waals surface area contributed by atoms with Crippen molar-refractivity contribution in [1.29, 1.82) is 0 Å². The summed E-state index contributed by atoms with van der Waals surface area (Å²) in [4.78, 5) is 14.0. The minimum atomic E-state index is 0.170. The number of nitrogens with zero attached hydrogens (tertiary/aromatic N) is 1. The average molecular weight is 249 g/mol. The first-order valence-electron chi connectivity index (χ1n) is 6.46. The summed E-state index contributed by atoms with van der Waals surface area (Å²) in [5.74, 6) is 0.170. The zero-order valence-electron chi connectivity index (χ0n) is 11.8. The Morgan fingerprint density at radius 2 is 2.06 bits per heavy atom. The van der Waals surface area contributed by atoms with E-state index in [-0.39, 0.29) is 5.91 Å². The van der Waals surface area contributed by atoms with E-state index in [9.17, 15) is 4.79 Å². The van der Waals surface area contributed by atoms with Crippen LogP contribution in [0.4, 0.5) is 5.69 Å². The largest absolute Gasteiger partial charge is 0.385 e. The molecule has 0 unspecified atom stereocenters. The van der Waals surface area contributed by atoms with Crippen LogP contribution < -0.4 is 4.90 Å². The zero-order valence-corrected chi connectivity index (χ0v) is 11.8. The predicted molar refractivity (Wildman–Crippen MR) is 75.1 cm³/mol. The molecule has 0 aromatic heterocycles. The van der Waals surface area contributed by atoms with Crippen molar-refractivity contribution in [1.82, 2.24) is 0 Å². The summed E-state index contributed by atoms with van der Waals surface area (Å²) >= 11 is 0. The average Bonchev–Trinajstić information content (AvgIpc) is 2.35. The SMILES string of the molecule is CCN(C(=O)CCCOC)c1cc(C)ccc1C. The fourth-order valence-electron chi connectivity index (χ4n) is 1.99. The van der Waals surface area contributed by atoms with Crippen LogP contribution in [0, 0.1) is 13.8 Å². The lowest BCUT2D eigenvalue weighted by Crippen LogP contribution is -2.31. The number of amides is 1. The van der Waals surface area contributed by atoms with E-state index in [1.807, 2.05) is 25.7 Å². The van der Waals surface area contributed by atoms with E-state index in [1.54, 1.807) is 7.11 Å². The Hall–Kier alpha value is -1.35. The number of aryl methyl sites for hydroxylation is 2. The first-order chi connectivity index (χ1) is 8.60. The summed E-state index contributed by atoms with van der Waals surface area (Å²) in [7, 11) is 1.66. The molecule has 0 aliphatic rings. The number of hydrogen-bond donors (Lipinski definition) is 0. The molecule has 18 heavy (non-hydrogen) atoms. The summed E-state index contributed by atoms with van der Waals surface area (Å²) in [6.07, 6.45) is 1.31. The highest BCUT2D eigenvalue weighted by atomic mass is 16.5. The quantitative estimate of drug-likeness (QED) is 0.725. The molecule has 1 aromatic carbocycles. The summed E-state index contributed by atoms with van der Waals surface area (Å²) in [6.45, 7) is 7.44. The fraction of sp³-hybridized carbons (Fsp3) is 0.533. The molecule has 0 N–H and O–H groups in total. The Balaban J connectivity index is 2.81. The molecule has 0 heterocycles. The van der Waals surface area contributed by atoms with Crippen molar-refractivity contribution < 1.29 is 9.53 Å². The number of carbonyl (C=O) groups is 1. The molecule has 0 bridgehead atoms. The van der Waals surface area contributed by atoms with Crippen LogP contribution in [0.25, 0.3) is 0 Å². The first kappa shape index (κ1) is 14.7. The van der Waals surface area contributed by atoms with Gasteiger partial charge in [-0.2, -0.15) is 0 Å². The molecule has 1 aromatic rings.